The zero-order chi connectivity index (χ0) is 15.7. The third-order valence-corrected chi connectivity index (χ3v) is 4.45. The Bertz CT molecular complexity index is 877. The first-order valence-corrected chi connectivity index (χ1v) is 7.75. The standard InChI is InChI=1S/C14H11N3O4S.2CH4/c18-13-9-5-1-2-6-10(9)22(20,21)17-12(13)14(19)16-11-7-3-4-8-15-11;;/h1-8,17-18H,(H,15,16,19);2*1H4. The highest BCUT2D eigenvalue weighted by molar-refractivity contribution is 7.89. The molecule has 1 amide bonds. The number of nitrogens with one attached hydrogen (secondary N) is 2. The molecule has 7 nitrogen and oxygen atoms in total. The summed E-state index contributed by atoms with van der Waals surface area (Å²) < 4.78 is 26.3. The topological polar surface area (TPSA) is 108 Å². The molecule has 0 atom stereocenters. The summed E-state index contributed by atoms with van der Waals surface area (Å²) in [5, 5.41) is 12.6. The van der Waals surface area contributed by atoms with Crippen LogP contribution in [0.15, 0.2) is 59.3 Å². The first-order chi connectivity index (χ1) is 10.5. The molecule has 1 aromatic heterocycles. The van der Waals surface area contributed by atoms with Gasteiger partial charge in [-0.15, -0.1) is 0 Å². The lowest BCUT2D eigenvalue weighted by molar-refractivity contribution is -0.113. The number of carbonyl (C=O) groups excluding carboxylic acids is 1. The minimum Gasteiger partial charge on any atom is -0.505 e. The van der Waals surface area contributed by atoms with Gasteiger partial charge in [-0.3, -0.25) is 9.52 Å². The zero-order valence-corrected chi connectivity index (χ0v) is 12.0. The lowest BCUT2D eigenvalue weighted by Gasteiger charge is -2.20. The molecule has 1 aromatic carbocycles. The predicted molar refractivity (Wildman–Crippen MR) is 92.6 cm³/mol. The van der Waals surface area contributed by atoms with Crippen molar-refractivity contribution in [2.24, 2.45) is 0 Å². The number of carbonyl (C=O) groups is 1. The van der Waals surface area contributed by atoms with Gasteiger partial charge in [0.25, 0.3) is 15.9 Å². The van der Waals surface area contributed by atoms with Gasteiger partial charge in [0, 0.05) is 11.8 Å². The number of hydrogen-bond donors (Lipinski definition) is 3. The van der Waals surface area contributed by atoms with Crippen molar-refractivity contribution < 1.29 is 18.3 Å². The van der Waals surface area contributed by atoms with E-state index in [0.29, 0.717) is 0 Å². The number of aliphatic hydroxyl groups excluding tert-OH is 1. The van der Waals surface area contributed by atoms with E-state index in [0.717, 1.165) is 0 Å². The third-order valence-electron chi connectivity index (χ3n) is 3.04. The van der Waals surface area contributed by atoms with E-state index in [1.807, 2.05) is 0 Å². The first kappa shape index (κ1) is 19.2. The molecule has 0 aliphatic carbocycles. The molecule has 24 heavy (non-hydrogen) atoms. The molecule has 2 aromatic rings. The van der Waals surface area contributed by atoms with Crippen LogP contribution < -0.4 is 10.0 Å². The van der Waals surface area contributed by atoms with Gasteiger partial charge in [-0.2, -0.15) is 0 Å². The van der Waals surface area contributed by atoms with Crippen LogP contribution in [0.4, 0.5) is 5.82 Å². The molecule has 1 aliphatic heterocycles. The molecule has 3 N–H and O–H groups in total. The van der Waals surface area contributed by atoms with Gasteiger partial charge in [0.1, 0.15) is 5.82 Å². The minimum atomic E-state index is -3.91. The second kappa shape index (κ2) is 7.14. The fraction of sp³-hybridized carbons (Fsp3) is 0.125. The van der Waals surface area contributed by atoms with Crippen LogP contribution in [-0.2, 0) is 14.8 Å². The Morgan fingerprint density at radius 2 is 1.75 bits per heavy atom. The normalized spacial score (nSPS) is 14.3. The second-order valence-electron chi connectivity index (χ2n) is 4.49. The minimum absolute atomic E-state index is 0. The van der Waals surface area contributed by atoms with Crippen molar-refractivity contribution >= 4 is 27.5 Å². The number of benzene rings is 1. The molecule has 1 aliphatic rings. The highest BCUT2D eigenvalue weighted by atomic mass is 32.2. The van der Waals surface area contributed by atoms with E-state index in [2.05, 4.69) is 15.0 Å². The van der Waals surface area contributed by atoms with Gasteiger partial charge < -0.3 is 10.4 Å². The molecule has 0 fully saturated rings. The Morgan fingerprint density at radius 3 is 2.42 bits per heavy atom. The van der Waals surface area contributed by atoms with Crippen molar-refractivity contribution in [3.8, 4) is 0 Å². The van der Waals surface area contributed by atoms with E-state index in [1.54, 1.807) is 24.3 Å². The lowest BCUT2D eigenvalue weighted by Crippen LogP contribution is -2.35. The fourth-order valence-corrected chi connectivity index (χ4v) is 3.32. The van der Waals surface area contributed by atoms with E-state index in [-0.39, 0.29) is 31.1 Å². The van der Waals surface area contributed by atoms with Crippen LogP contribution in [0, 0.1) is 0 Å². The van der Waals surface area contributed by atoms with E-state index >= 15 is 0 Å². The maximum absolute atomic E-state index is 12.2. The van der Waals surface area contributed by atoms with E-state index < -0.39 is 27.4 Å². The summed E-state index contributed by atoms with van der Waals surface area (Å²) in [5.74, 6) is -0.987. The largest absolute Gasteiger partial charge is 0.505 e. The molecule has 0 spiro atoms. The fourth-order valence-electron chi connectivity index (χ4n) is 2.04. The summed E-state index contributed by atoms with van der Waals surface area (Å²) in [7, 11) is -3.91. The SMILES string of the molecule is C.C.O=C(Nc1ccccn1)C1=C(O)c2ccccc2S(=O)(=O)N1. The van der Waals surface area contributed by atoms with Gasteiger partial charge >= 0.3 is 0 Å². The summed E-state index contributed by atoms with van der Waals surface area (Å²) in [6.07, 6.45) is 1.48. The quantitative estimate of drug-likeness (QED) is 0.772. The lowest BCUT2D eigenvalue weighted by atomic mass is 10.1. The van der Waals surface area contributed by atoms with Gasteiger partial charge in [0.15, 0.2) is 11.5 Å². The molecule has 0 saturated heterocycles. The number of nitrogens with zero attached hydrogens (tertiary/aromatic N) is 1. The van der Waals surface area contributed by atoms with Crippen molar-refractivity contribution in [2.75, 3.05) is 5.32 Å². The average Bonchev–Trinajstić information content (AvgIpc) is 2.52. The molecule has 128 valence electrons. The van der Waals surface area contributed by atoms with Gasteiger partial charge in [0.05, 0.1) is 4.90 Å². The molecule has 8 heteroatoms. The van der Waals surface area contributed by atoms with Crippen LogP contribution in [0.1, 0.15) is 20.4 Å². The molecule has 3 rings (SSSR count). The number of fused-ring (bicyclic) bond motifs is 1. The summed E-state index contributed by atoms with van der Waals surface area (Å²) in [6, 6.07) is 10.8. The van der Waals surface area contributed by atoms with Crippen LogP contribution >= 0.6 is 0 Å². The van der Waals surface area contributed by atoms with Crippen LogP contribution in [-0.4, -0.2) is 24.4 Å². The second-order valence-corrected chi connectivity index (χ2v) is 6.15. The predicted octanol–water partition coefficient (Wildman–Crippen LogP) is 2.51. The molecule has 2 heterocycles. The number of pyridine rings is 1. The van der Waals surface area contributed by atoms with Crippen molar-refractivity contribution in [1.82, 2.24) is 9.71 Å². The summed E-state index contributed by atoms with van der Waals surface area (Å²) >= 11 is 0. The number of aliphatic hydroxyl groups is 1. The Balaban J connectivity index is 0.00000144. The monoisotopic (exact) mass is 349 g/mol. The smallest absolute Gasteiger partial charge is 0.277 e. The number of rotatable bonds is 2. The van der Waals surface area contributed by atoms with Gasteiger partial charge in [-0.05, 0) is 24.3 Å². The Morgan fingerprint density at radius 1 is 1.08 bits per heavy atom. The molecular formula is C16H19N3O4S. The van der Waals surface area contributed by atoms with Crippen LogP contribution in [0.5, 0.6) is 0 Å². The average molecular weight is 349 g/mol. The summed E-state index contributed by atoms with van der Waals surface area (Å²) in [5.41, 5.74) is -0.364. The first-order valence-electron chi connectivity index (χ1n) is 6.27. The maximum atomic E-state index is 12.2. The molecule has 0 bridgehead atoms. The maximum Gasteiger partial charge on any atom is 0.277 e. The summed E-state index contributed by atoms with van der Waals surface area (Å²) in [4.78, 5) is 16.0. The van der Waals surface area contributed by atoms with Crippen molar-refractivity contribution in [1.29, 1.82) is 0 Å². The van der Waals surface area contributed by atoms with Crippen LogP contribution in [0.2, 0.25) is 0 Å². The Labute approximate surface area is 141 Å². The number of aromatic nitrogens is 1. The number of sulfonamides is 1. The molecule has 0 saturated carbocycles. The number of hydrogen-bond acceptors (Lipinski definition) is 5. The molecule has 0 radical (unpaired) electrons. The van der Waals surface area contributed by atoms with Crippen molar-refractivity contribution in [3.05, 3.63) is 59.9 Å². The van der Waals surface area contributed by atoms with E-state index in [1.165, 1.54) is 24.4 Å². The van der Waals surface area contributed by atoms with E-state index in [4.69, 9.17) is 0 Å². The zero-order valence-electron chi connectivity index (χ0n) is 11.1. The Hall–Kier alpha value is -2.87. The highest BCUT2D eigenvalue weighted by Crippen LogP contribution is 2.28. The number of amides is 1. The van der Waals surface area contributed by atoms with Gasteiger partial charge in [-0.1, -0.05) is 33.1 Å². The van der Waals surface area contributed by atoms with Crippen LogP contribution in [0.3, 0.4) is 0 Å². The van der Waals surface area contributed by atoms with Crippen molar-refractivity contribution in [2.45, 2.75) is 19.7 Å². The van der Waals surface area contributed by atoms with E-state index in [9.17, 15) is 18.3 Å². The number of anilines is 1. The highest BCUT2D eigenvalue weighted by Gasteiger charge is 2.32. The van der Waals surface area contributed by atoms with Gasteiger partial charge in [0.2, 0.25) is 0 Å². The van der Waals surface area contributed by atoms with Gasteiger partial charge in [-0.25, -0.2) is 13.4 Å². The Kier molecular flexibility index (Phi) is 5.70. The summed E-state index contributed by atoms with van der Waals surface area (Å²) in [6.45, 7) is 0. The third kappa shape index (κ3) is 3.38. The molecular weight excluding hydrogens is 330 g/mol. The molecule has 0 unspecified atom stereocenters. The van der Waals surface area contributed by atoms with Crippen LogP contribution in [0.25, 0.3) is 5.76 Å². The van der Waals surface area contributed by atoms with Crippen molar-refractivity contribution in [3.63, 3.8) is 0 Å².